The molecule has 0 aliphatic carbocycles. The highest BCUT2D eigenvalue weighted by molar-refractivity contribution is 5.93. The van der Waals surface area contributed by atoms with Crippen LogP contribution in [-0.2, 0) is 0 Å². The zero-order chi connectivity index (χ0) is 12.5. The molecule has 0 atom stereocenters. The van der Waals surface area contributed by atoms with Gasteiger partial charge >= 0.3 is 0 Å². The lowest BCUT2D eigenvalue weighted by molar-refractivity contribution is 0.0689. The summed E-state index contributed by atoms with van der Waals surface area (Å²) >= 11 is 0. The molecule has 0 saturated carbocycles. The molecule has 2 aromatic heterocycles. The van der Waals surface area contributed by atoms with Gasteiger partial charge in [-0.3, -0.25) is 9.20 Å². The molecule has 0 unspecified atom stereocenters. The van der Waals surface area contributed by atoms with E-state index in [2.05, 4.69) is 11.9 Å². The molecule has 0 radical (unpaired) electrons. The van der Waals surface area contributed by atoms with E-state index in [1.807, 2.05) is 33.7 Å². The van der Waals surface area contributed by atoms with Crippen molar-refractivity contribution in [3.8, 4) is 0 Å². The Kier molecular flexibility index (Phi) is 2.78. The smallest absolute Gasteiger partial charge is 0.270 e. The Morgan fingerprint density at radius 3 is 2.89 bits per heavy atom. The largest absolute Gasteiger partial charge is 0.337 e. The molecule has 0 aromatic carbocycles. The van der Waals surface area contributed by atoms with E-state index in [-0.39, 0.29) is 5.91 Å². The number of imidazole rings is 1. The van der Waals surface area contributed by atoms with Crippen molar-refractivity contribution in [3.05, 3.63) is 36.3 Å². The van der Waals surface area contributed by atoms with Crippen molar-refractivity contribution in [1.82, 2.24) is 14.3 Å². The van der Waals surface area contributed by atoms with Gasteiger partial charge in [-0.05, 0) is 30.9 Å². The predicted octanol–water partition coefficient (Wildman–Crippen LogP) is 2.21. The third-order valence-electron chi connectivity index (χ3n) is 3.72. The fourth-order valence-corrected chi connectivity index (χ4v) is 2.50. The number of fused-ring (bicyclic) bond motifs is 1. The van der Waals surface area contributed by atoms with E-state index in [9.17, 15) is 4.79 Å². The number of hydrogen-bond donors (Lipinski definition) is 0. The van der Waals surface area contributed by atoms with Crippen LogP contribution in [0.5, 0.6) is 0 Å². The number of piperidine rings is 1. The molecule has 18 heavy (non-hydrogen) atoms. The number of pyridine rings is 1. The first-order valence-corrected chi connectivity index (χ1v) is 6.47. The average Bonchev–Trinajstić information content (AvgIpc) is 2.87. The van der Waals surface area contributed by atoms with E-state index < -0.39 is 0 Å². The maximum absolute atomic E-state index is 12.5. The molecule has 3 rings (SSSR count). The second-order valence-corrected chi connectivity index (χ2v) is 5.04. The summed E-state index contributed by atoms with van der Waals surface area (Å²) in [5, 5.41) is 0. The van der Waals surface area contributed by atoms with Gasteiger partial charge in [0.1, 0.15) is 11.3 Å². The van der Waals surface area contributed by atoms with E-state index in [1.54, 1.807) is 6.20 Å². The van der Waals surface area contributed by atoms with E-state index in [1.165, 1.54) is 0 Å². The molecule has 2 aromatic rings. The highest BCUT2D eigenvalue weighted by atomic mass is 16.2. The van der Waals surface area contributed by atoms with Crippen molar-refractivity contribution in [3.63, 3.8) is 0 Å². The van der Waals surface area contributed by atoms with Crippen LogP contribution in [0.2, 0.25) is 0 Å². The molecule has 4 heteroatoms. The Morgan fingerprint density at radius 2 is 2.11 bits per heavy atom. The number of hydrogen-bond acceptors (Lipinski definition) is 2. The number of amides is 1. The van der Waals surface area contributed by atoms with E-state index >= 15 is 0 Å². The number of aromatic nitrogens is 2. The van der Waals surface area contributed by atoms with Gasteiger partial charge in [0.05, 0.1) is 0 Å². The van der Waals surface area contributed by atoms with Crippen molar-refractivity contribution in [1.29, 1.82) is 0 Å². The standard InChI is InChI=1S/C14H17N3O/c1-11-5-8-16(9-6-11)14(18)12-3-2-4-13-15-7-10-17(12)13/h2-4,7,10-11H,5-6,8-9H2,1H3. The molecule has 94 valence electrons. The topological polar surface area (TPSA) is 37.6 Å². The fourth-order valence-electron chi connectivity index (χ4n) is 2.50. The second kappa shape index (κ2) is 4.44. The third kappa shape index (κ3) is 1.88. The highest BCUT2D eigenvalue weighted by Crippen LogP contribution is 2.18. The van der Waals surface area contributed by atoms with Crippen LogP contribution in [0.4, 0.5) is 0 Å². The summed E-state index contributed by atoms with van der Waals surface area (Å²) in [6, 6.07) is 5.67. The molecule has 0 bridgehead atoms. The first-order valence-electron chi connectivity index (χ1n) is 6.47. The van der Waals surface area contributed by atoms with Crippen LogP contribution in [0.15, 0.2) is 30.6 Å². The minimum Gasteiger partial charge on any atom is -0.337 e. The lowest BCUT2D eigenvalue weighted by Crippen LogP contribution is -2.38. The Morgan fingerprint density at radius 1 is 1.33 bits per heavy atom. The molecule has 1 fully saturated rings. The van der Waals surface area contributed by atoms with Crippen molar-refractivity contribution in [2.75, 3.05) is 13.1 Å². The SMILES string of the molecule is CC1CCN(C(=O)c2cccc3nccn23)CC1. The Balaban J connectivity index is 1.90. The highest BCUT2D eigenvalue weighted by Gasteiger charge is 2.22. The first-order chi connectivity index (χ1) is 8.75. The van der Waals surface area contributed by atoms with Crippen molar-refractivity contribution in [2.24, 2.45) is 5.92 Å². The molecule has 4 nitrogen and oxygen atoms in total. The summed E-state index contributed by atoms with van der Waals surface area (Å²) in [5.41, 5.74) is 1.53. The molecule has 1 amide bonds. The second-order valence-electron chi connectivity index (χ2n) is 5.04. The molecular formula is C14H17N3O. The molecule has 3 heterocycles. The van der Waals surface area contributed by atoms with Crippen LogP contribution in [0.25, 0.3) is 5.65 Å². The lowest BCUT2D eigenvalue weighted by Gasteiger charge is -2.30. The van der Waals surface area contributed by atoms with Crippen LogP contribution < -0.4 is 0 Å². The van der Waals surface area contributed by atoms with Gasteiger partial charge in [0.2, 0.25) is 0 Å². The van der Waals surface area contributed by atoms with Crippen molar-refractivity contribution < 1.29 is 4.79 Å². The number of likely N-dealkylation sites (tertiary alicyclic amines) is 1. The summed E-state index contributed by atoms with van der Waals surface area (Å²) in [6.07, 6.45) is 5.77. The summed E-state index contributed by atoms with van der Waals surface area (Å²) < 4.78 is 1.86. The van der Waals surface area contributed by atoms with Gasteiger partial charge in [-0.25, -0.2) is 4.98 Å². The predicted molar refractivity (Wildman–Crippen MR) is 69.5 cm³/mol. The van der Waals surface area contributed by atoms with Crippen LogP contribution in [0.1, 0.15) is 30.3 Å². The maximum atomic E-state index is 12.5. The normalized spacial score (nSPS) is 17.3. The summed E-state index contributed by atoms with van der Waals surface area (Å²) in [4.78, 5) is 18.7. The summed E-state index contributed by atoms with van der Waals surface area (Å²) in [6.45, 7) is 3.98. The summed E-state index contributed by atoms with van der Waals surface area (Å²) in [5.74, 6) is 0.851. The summed E-state index contributed by atoms with van der Waals surface area (Å²) in [7, 11) is 0. The zero-order valence-corrected chi connectivity index (χ0v) is 10.5. The maximum Gasteiger partial charge on any atom is 0.270 e. The van der Waals surface area contributed by atoms with Crippen LogP contribution in [0.3, 0.4) is 0 Å². The molecule has 1 aliphatic rings. The molecule has 1 saturated heterocycles. The van der Waals surface area contributed by atoms with E-state index in [0.29, 0.717) is 5.69 Å². The molecule has 1 aliphatic heterocycles. The molecular weight excluding hydrogens is 226 g/mol. The lowest BCUT2D eigenvalue weighted by atomic mass is 9.99. The minimum atomic E-state index is 0.116. The van der Waals surface area contributed by atoms with Gasteiger partial charge in [0.25, 0.3) is 5.91 Å². The Labute approximate surface area is 106 Å². The minimum absolute atomic E-state index is 0.116. The van der Waals surface area contributed by atoms with Crippen molar-refractivity contribution in [2.45, 2.75) is 19.8 Å². The van der Waals surface area contributed by atoms with Crippen LogP contribution >= 0.6 is 0 Å². The van der Waals surface area contributed by atoms with E-state index in [4.69, 9.17) is 0 Å². The number of carbonyl (C=O) groups is 1. The van der Waals surface area contributed by atoms with Gasteiger partial charge in [0.15, 0.2) is 0 Å². The fraction of sp³-hybridized carbons (Fsp3) is 0.429. The molecule has 0 N–H and O–H groups in total. The average molecular weight is 243 g/mol. The van der Waals surface area contributed by atoms with Gasteiger partial charge in [-0.15, -0.1) is 0 Å². The quantitative estimate of drug-likeness (QED) is 0.770. The monoisotopic (exact) mass is 243 g/mol. The van der Waals surface area contributed by atoms with Gasteiger partial charge in [0, 0.05) is 25.5 Å². The molecule has 0 spiro atoms. The van der Waals surface area contributed by atoms with Crippen LogP contribution in [-0.4, -0.2) is 33.3 Å². The Bertz CT molecular complexity index is 567. The van der Waals surface area contributed by atoms with Gasteiger partial charge < -0.3 is 4.90 Å². The van der Waals surface area contributed by atoms with Gasteiger partial charge in [-0.1, -0.05) is 13.0 Å². The Hall–Kier alpha value is -1.84. The number of rotatable bonds is 1. The third-order valence-corrected chi connectivity index (χ3v) is 3.72. The number of carbonyl (C=O) groups excluding carboxylic acids is 1. The van der Waals surface area contributed by atoms with Crippen molar-refractivity contribution >= 4 is 11.6 Å². The van der Waals surface area contributed by atoms with E-state index in [0.717, 1.165) is 37.5 Å². The van der Waals surface area contributed by atoms with Gasteiger partial charge in [-0.2, -0.15) is 0 Å². The number of nitrogens with zero attached hydrogens (tertiary/aromatic N) is 3. The van der Waals surface area contributed by atoms with Crippen LogP contribution in [0, 0.1) is 5.92 Å². The zero-order valence-electron chi connectivity index (χ0n) is 10.5. The first kappa shape index (κ1) is 11.3.